The number of hydrogen-bond acceptors (Lipinski definition) is 1. The fourth-order valence-electron chi connectivity index (χ4n) is 2.94. The van der Waals surface area contributed by atoms with Crippen LogP contribution in [0.3, 0.4) is 0 Å². The molecular formula is C17H24BrNO. The number of halogens is 1. The van der Waals surface area contributed by atoms with Crippen LogP contribution in [0.5, 0.6) is 0 Å². The molecule has 2 nitrogen and oxygen atoms in total. The van der Waals surface area contributed by atoms with Crippen molar-refractivity contribution in [2.45, 2.75) is 40.5 Å². The predicted molar refractivity (Wildman–Crippen MR) is 87.0 cm³/mol. The molecule has 0 saturated carbocycles. The number of nitrogens with zero attached hydrogens (tertiary/aromatic N) is 1. The molecule has 0 radical (unpaired) electrons. The quantitative estimate of drug-likeness (QED) is 0.729. The Labute approximate surface area is 130 Å². The second-order valence-electron chi connectivity index (χ2n) is 6.89. The zero-order chi connectivity index (χ0) is 14.9. The molecule has 1 aromatic carbocycles. The maximum Gasteiger partial charge on any atom is 0.254 e. The van der Waals surface area contributed by atoms with Gasteiger partial charge in [-0.05, 0) is 48.8 Å². The first-order valence-corrected chi connectivity index (χ1v) is 8.14. The Kier molecular flexibility index (Phi) is 4.58. The largest absolute Gasteiger partial charge is 0.339 e. The Balaban J connectivity index is 2.07. The molecule has 0 aliphatic carbocycles. The van der Waals surface area contributed by atoms with E-state index in [0.717, 1.165) is 47.4 Å². The summed E-state index contributed by atoms with van der Waals surface area (Å²) in [6, 6.07) is 5.92. The Morgan fingerprint density at radius 1 is 1.25 bits per heavy atom. The van der Waals surface area contributed by atoms with Crippen LogP contribution < -0.4 is 0 Å². The van der Waals surface area contributed by atoms with E-state index in [1.165, 1.54) is 0 Å². The van der Waals surface area contributed by atoms with E-state index < -0.39 is 0 Å². The molecule has 1 aliphatic heterocycles. The highest BCUT2D eigenvalue weighted by Gasteiger charge is 2.30. The van der Waals surface area contributed by atoms with Crippen molar-refractivity contribution >= 4 is 21.8 Å². The SMILES string of the molecule is Cc1ccc(Br)cc1C(=O)N1CCC(C(C)(C)C)CC1. The molecule has 0 bridgehead atoms. The predicted octanol–water partition coefficient (Wildman–Crippen LogP) is 4.66. The van der Waals surface area contributed by atoms with Gasteiger partial charge in [0.1, 0.15) is 0 Å². The summed E-state index contributed by atoms with van der Waals surface area (Å²) in [4.78, 5) is 14.6. The molecule has 0 aromatic heterocycles. The lowest BCUT2D eigenvalue weighted by atomic mass is 9.75. The summed E-state index contributed by atoms with van der Waals surface area (Å²) in [6.45, 7) is 10.7. The van der Waals surface area contributed by atoms with Gasteiger partial charge in [0.2, 0.25) is 0 Å². The molecule has 0 N–H and O–H groups in total. The van der Waals surface area contributed by atoms with E-state index in [0.29, 0.717) is 5.41 Å². The number of aryl methyl sites for hydroxylation is 1. The minimum absolute atomic E-state index is 0.177. The van der Waals surface area contributed by atoms with Gasteiger partial charge in [0, 0.05) is 23.1 Å². The molecule has 3 heteroatoms. The molecule has 2 rings (SSSR count). The highest BCUT2D eigenvalue weighted by molar-refractivity contribution is 9.10. The van der Waals surface area contributed by atoms with E-state index >= 15 is 0 Å². The lowest BCUT2D eigenvalue weighted by Crippen LogP contribution is -2.41. The molecule has 1 aromatic rings. The number of amides is 1. The van der Waals surface area contributed by atoms with Crippen molar-refractivity contribution < 1.29 is 4.79 Å². The number of benzene rings is 1. The second-order valence-corrected chi connectivity index (χ2v) is 7.81. The normalized spacial score (nSPS) is 17.4. The summed E-state index contributed by atoms with van der Waals surface area (Å²) >= 11 is 3.45. The van der Waals surface area contributed by atoms with Crippen LogP contribution >= 0.6 is 15.9 Å². The lowest BCUT2D eigenvalue weighted by molar-refractivity contribution is 0.0608. The highest BCUT2D eigenvalue weighted by Crippen LogP contribution is 2.34. The maximum atomic E-state index is 12.6. The molecule has 0 spiro atoms. The summed E-state index contributed by atoms with van der Waals surface area (Å²) < 4.78 is 0.969. The smallest absolute Gasteiger partial charge is 0.254 e. The van der Waals surface area contributed by atoms with Crippen LogP contribution in [0.25, 0.3) is 0 Å². The van der Waals surface area contributed by atoms with Crippen LogP contribution in [0.1, 0.15) is 49.5 Å². The van der Waals surface area contributed by atoms with Crippen LogP contribution in [0.15, 0.2) is 22.7 Å². The van der Waals surface area contributed by atoms with Crippen LogP contribution in [0, 0.1) is 18.3 Å². The molecule has 20 heavy (non-hydrogen) atoms. The molecular weight excluding hydrogens is 314 g/mol. The molecule has 1 amide bonds. The third kappa shape index (κ3) is 3.43. The lowest BCUT2D eigenvalue weighted by Gasteiger charge is -2.39. The van der Waals surface area contributed by atoms with Gasteiger partial charge in [0.05, 0.1) is 0 Å². The van der Waals surface area contributed by atoms with E-state index in [4.69, 9.17) is 0 Å². The van der Waals surface area contributed by atoms with E-state index in [9.17, 15) is 4.79 Å². The van der Waals surface area contributed by atoms with Gasteiger partial charge >= 0.3 is 0 Å². The molecule has 1 fully saturated rings. The van der Waals surface area contributed by atoms with Crippen LogP contribution in [-0.2, 0) is 0 Å². The van der Waals surface area contributed by atoms with Crippen molar-refractivity contribution in [2.24, 2.45) is 11.3 Å². The first kappa shape index (κ1) is 15.6. The standard InChI is InChI=1S/C17H24BrNO/c1-12-5-6-14(18)11-15(12)16(20)19-9-7-13(8-10-19)17(2,3)4/h5-6,11,13H,7-10H2,1-4H3. The fourth-order valence-corrected chi connectivity index (χ4v) is 3.30. The van der Waals surface area contributed by atoms with E-state index in [2.05, 4.69) is 36.7 Å². The third-order valence-corrected chi connectivity index (χ3v) is 4.93. The van der Waals surface area contributed by atoms with Gasteiger partial charge in [-0.1, -0.05) is 42.8 Å². The van der Waals surface area contributed by atoms with Crippen molar-refractivity contribution in [2.75, 3.05) is 13.1 Å². The van der Waals surface area contributed by atoms with Gasteiger partial charge < -0.3 is 4.90 Å². The Bertz CT molecular complexity index is 496. The second kappa shape index (κ2) is 5.88. The number of carbonyl (C=O) groups excluding carboxylic acids is 1. The zero-order valence-corrected chi connectivity index (χ0v) is 14.5. The molecule has 110 valence electrons. The van der Waals surface area contributed by atoms with Crippen LogP contribution in [-0.4, -0.2) is 23.9 Å². The van der Waals surface area contributed by atoms with Gasteiger partial charge in [-0.25, -0.2) is 0 Å². The fraction of sp³-hybridized carbons (Fsp3) is 0.588. The molecule has 1 saturated heterocycles. The van der Waals surface area contributed by atoms with Gasteiger partial charge in [-0.2, -0.15) is 0 Å². The Hall–Kier alpha value is -0.830. The number of piperidine rings is 1. The summed E-state index contributed by atoms with van der Waals surface area (Å²) in [5.74, 6) is 0.895. The number of rotatable bonds is 1. The van der Waals surface area contributed by atoms with Crippen molar-refractivity contribution in [3.63, 3.8) is 0 Å². The van der Waals surface area contributed by atoms with Crippen molar-refractivity contribution in [1.82, 2.24) is 4.90 Å². The van der Waals surface area contributed by atoms with Crippen molar-refractivity contribution in [3.8, 4) is 0 Å². The molecule has 1 aliphatic rings. The van der Waals surface area contributed by atoms with Gasteiger partial charge in [-0.15, -0.1) is 0 Å². The van der Waals surface area contributed by atoms with Crippen LogP contribution in [0.2, 0.25) is 0 Å². The maximum absolute atomic E-state index is 12.6. The summed E-state index contributed by atoms with van der Waals surface area (Å²) in [6.07, 6.45) is 2.23. The van der Waals surface area contributed by atoms with E-state index in [1.807, 2.05) is 30.0 Å². The topological polar surface area (TPSA) is 20.3 Å². The molecule has 0 unspecified atom stereocenters. The minimum atomic E-state index is 0.177. The van der Waals surface area contributed by atoms with Gasteiger partial charge in [0.15, 0.2) is 0 Å². The monoisotopic (exact) mass is 337 g/mol. The van der Waals surface area contributed by atoms with Gasteiger partial charge in [-0.3, -0.25) is 4.79 Å². The average molecular weight is 338 g/mol. The van der Waals surface area contributed by atoms with Gasteiger partial charge in [0.25, 0.3) is 5.91 Å². The first-order chi connectivity index (χ1) is 9.29. The molecule has 0 atom stereocenters. The Morgan fingerprint density at radius 2 is 1.85 bits per heavy atom. The first-order valence-electron chi connectivity index (χ1n) is 7.34. The number of hydrogen-bond donors (Lipinski definition) is 0. The number of likely N-dealkylation sites (tertiary alicyclic amines) is 1. The zero-order valence-electron chi connectivity index (χ0n) is 12.9. The summed E-state index contributed by atoms with van der Waals surface area (Å²) in [7, 11) is 0. The summed E-state index contributed by atoms with van der Waals surface area (Å²) in [5.41, 5.74) is 2.23. The minimum Gasteiger partial charge on any atom is -0.339 e. The average Bonchev–Trinajstić information content (AvgIpc) is 2.40. The van der Waals surface area contributed by atoms with Crippen LogP contribution in [0.4, 0.5) is 0 Å². The van der Waals surface area contributed by atoms with Crippen molar-refractivity contribution in [1.29, 1.82) is 0 Å². The van der Waals surface area contributed by atoms with E-state index in [1.54, 1.807) is 0 Å². The van der Waals surface area contributed by atoms with E-state index in [-0.39, 0.29) is 5.91 Å². The van der Waals surface area contributed by atoms with Crippen molar-refractivity contribution in [3.05, 3.63) is 33.8 Å². The summed E-state index contributed by atoms with van der Waals surface area (Å²) in [5, 5.41) is 0. The number of carbonyl (C=O) groups is 1. The Morgan fingerprint density at radius 3 is 2.40 bits per heavy atom. The molecule has 1 heterocycles. The highest BCUT2D eigenvalue weighted by atomic mass is 79.9. The third-order valence-electron chi connectivity index (χ3n) is 4.44.